The number of piperidine rings is 1. The van der Waals surface area contributed by atoms with Crippen molar-refractivity contribution < 1.29 is 9.18 Å². The van der Waals surface area contributed by atoms with E-state index >= 15 is 0 Å². The number of benzene rings is 1. The molecule has 0 spiro atoms. The van der Waals surface area contributed by atoms with E-state index in [0.717, 1.165) is 43.7 Å². The first-order chi connectivity index (χ1) is 13.1. The number of amides is 2. The van der Waals surface area contributed by atoms with Crippen molar-refractivity contribution in [3.8, 4) is 0 Å². The Labute approximate surface area is 159 Å². The largest absolute Gasteiger partial charge is 0.355 e. The first kappa shape index (κ1) is 17.8. The van der Waals surface area contributed by atoms with Crippen LogP contribution >= 0.6 is 0 Å². The number of urea groups is 1. The maximum atomic E-state index is 13.4. The molecule has 0 unspecified atom stereocenters. The molecule has 1 aromatic carbocycles. The fourth-order valence-corrected chi connectivity index (χ4v) is 3.91. The highest BCUT2D eigenvalue weighted by molar-refractivity contribution is 5.75. The summed E-state index contributed by atoms with van der Waals surface area (Å²) >= 11 is 0. The molecule has 3 atom stereocenters. The number of anilines is 1. The number of likely N-dealkylation sites (N-methyl/N-ethyl adjacent to an activating group) is 1. The van der Waals surface area contributed by atoms with Crippen molar-refractivity contribution >= 4 is 11.8 Å². The number of carbonyl (C=O) groups excluding carboxylic acids is 1. The van der Waals surface area contributed by atoms with Crippen LogP contribution in [0.2, 0.25) is 0 Å². The van der Waals surface area contributed by atoms with E-state index in [2.05, 4.69) is 15.2 Å². The van der Waals surface area contributed by atoms with Gasteiger partial charge in [-0.25, -0.2) is 14.2 Å². The Morgan fingerprint density at radius 3 is 2.96 bits per heavy atom. The van der Waals surface area contributed by atoms with E-state index in [0.29, 0.717) is 0 Å². The minimum absolute atomic E-state index is 0.0493. The predicted octanol–water partition coefficient (Wildman–Crippen LogP) is 3.39. The van der Waals surface area contributed by atoms with Gasteiger partial charge in [0.05, 0.1) is 6.04 Å². The monoisotopic (exact) mass is 368 g/mol. The van der Waals surface area contributed by atoms with Gasteiger partial charge in [-0.3, -0.25) is 0 Å². The molecule has 6 heteroatoms. The number of halogens is 1. The highest BCUT2D eigenvalue weighted by Crippen LogP contribution is 2.41. The van der Waals surface area contributed by atoms with E-state index in [1.165, 1.54) is 6.07 Å². The van der Waals surface area contributed by atoms with Gasteiger partial charge in [-0.2, -0.15) is 0 Å². The molecule has 0 bridgehead atoms. The molecule has 5 nitrogen and oxygen atoms in total. The van der Waals surface area contributed by atoms with Crippen molar-refractivity contribution in [3.63, 3.8) is 0 Å². The van der Waals surface area contributed by atoms with Gasteiger partial charge in [0.2, 0.25) is 0 Å². The van der Waals surface area contributed by atoms with Crippen LogP contribution in [0.4, 0.5) is 15.0 Å². The van der Waals surface area contributed by atoms with Gasteiger partial charge in [-0.15, -0.1) is 0 Å². The van der Waals surface area contributed by atoms with Crippen LogP contribution in [0.1, 0.15) is 30.7 Å². The summed E-state index contributed by atoms with van der Waals surface area (Å²) in [6.45, 7) is 1.76. The van der Waals surface area contributed by atoms with Gasteiger partial charge in [0, 0.05) is 38.3 Å². The standard InChI is InChI=1S/C21H25FN4O/c1-25(17-8-5-11-26(14-17)20-9-2-3-10-23-20)21(27)24-19-13-18(19)15-6-4-7-16(22)12-15/h2-4,6-7,9-10,12,17-19H,5,8,11,13-14H2,1H3,(H,24,27)/t17-,18-,19+/m1/s1. The number of rotatable bonds is 4. The Hall–Kier alpha value is -2.63. The molecule has 1 N–H and O–H groups in total. The minimum Gasteiger partial charge on any atom is -0.355 e. The van der Waals surface area contributed by atoms with Crippen molar-refractivity contribution in [2.24, 2.45) is 0 Å². The van der Waals surface area contributed by atoms with Crippen molar-refractivity contribution in [1.29, 1.82) is 0 Å². The van der Waals surface area contributed by atoms with Crippen LogP contribution < -0.4 is 10.2 Å². The van der Waals surface area contributed by atoms with E-state index in [4.69, 9.17) is 0 Å². The second-order valence-corrected chi connectivity index (χ2v) is 7.49. The van der Waals surface area contributed by atoms with Gasteiger partial charge < -0.3 is 15.1 Å². The first-order valence-corrected chi connectivity index (χ1v) is 9.56. The molecule has 0 radical (unpaired) electrons. The Kier molecular flexibility index (Phi) is 4.97. The summed E-state index contributed by atoms with van der Waals surface area (Å²) in [5.41, 5.74) is 0.960. The lowest BCUT2D eigenvalue weighted by molar-refractivity contribution is 0.182. The smallest absolute Gasteiger partial charge is 0.317 e. The van der Waals surface area contributed by atoms with Gasteiger partial charge >= 0.3 is 6.03 Å². The lowest BCUT2D eigenvalue weighted by Gasteiger charge is -2.38. The van der Waals surface area contributed by atoms with Gasteiger partial charge in [0.15, 0.2) is 0 Å². The molecule has 142 valence electrons. The number of pyridine rings is 1. The van der Waals surface area contributed by atoms with Crippen LogP contribution in [0, 0.1) is 5.82 Å². The number of hydrogen-bond acceptors (Lipinski definition) is 3. The second-order valence-electron chi connectivity index (χ2n) is 7.49. The fraction of sp³-hybridized carbons (Fsp3) is 0.429. The number of aromatic nitrogens is 1. The maximum absolute atomic E-state index is 13.4. The third-order valence-electron chi connectivity index (χ3n) is 5.61. The molecule has 1 aliphatic carbocycles. The molecule has 27 heavy (non-hydrogen) atoms. The minimum atomic E-state index is -0.224. The van der Waals surface area contributed by atoms with E-state index < -0.39 is 0 Å². The normalized spacial score (nSPS) is 24.4. The van der Waals surface area contributed by atoms with Crippen molar-refractivity contribution in [2.75, 3.05) is 25.0 Å². The molecule has 2 heterocycles. The Balaban J connectivity index is 1.33. The number of nitrogens with zero attached hydrogens (tertiary/aromatic N) is 3. The van der Waals surface area contributed by atoms with E-state index in [1.54, 1.807) is 18.3 Å². The maximum Gasteiger partial charge on any atom is 0.317 e. The lowest BCUT2D eigenvalue weighted by atomic mass is 10.0. The van der Waals surface area contributed by atoms with Gasteiger partial charge in [-0.1, -0.05) is 18.2 Å². The highest BCUT2D eigenvalue weighted by atomic mass is 19.1. The molecule has 2 aliphatic rings. The van der Waals surface area contributed by atoms with E-state index in [9.17, 15) is 9.18 Å². The van der Waals surface area contributed by atoms with Crippen LogP contribution in [0.5, 0.6) is 0 Å². The number of hydrogen-bond donors (Lipinski definition) is 1. The summed E-state index contributed by atoms with van der Waals surface area (Å²) in [7, 11) is 1.86. The van der Waals surface area contributed by atoms with E-state index in [-0.39, 0.29) is 29.8 Å². The molecule has 1 saturated heterocycles. The summed E-state index contributed by atoms with van der Waals surface area (Å²) in [4.78, 5) is 21.2. The molecule has 1 aliphatic heterocycles. The van der Waals surface area contributed by atoms with Crippen LogP contribution in [-0.4, -0.2) is 48.1 Å². The van der Waals surface area contributed by atoms with Gasteiger partial charge in [0.25, 0.3) is 0 Å². The molecule has 4 rings (SSSR count). The molecule has 2 aromatic rings. The third kappa shape index (κ3) is 4.04. The van der Waals surface area contributed by atoms with Crippen LogP contribution in [0.3, 0.4) is 0 Å². The number of carbonyl (C=O) groups is 1. The average molecular weight is 368 g/mol. The summed E-state index contributed by atoms with van der Waals surface area (Å²) in [6, 6.07) is 12.8. The summed E-state index contributed by atoms with van der Waals surface area (Å²) < 4.78 is 13.4. The molecular weight excluding hydrogens is 343 g/mol. The zero-order valence-electron chi connectivity index (χ0n) is 15.5. The van der Waals surface area contributed by atoms with Crippen LogP contribution in [0.15, 0.2) is 48.7 Å². The van der Waals surface area contributed by atoms with Crippen molar-refractivity contribution in [2.45, 2.75) is 37.3 Å². The summed E-state index contributed by atoms with van der Waals surface area (Å²) in [6.07, 6.45) is 4.70. The molecule has 1 aromatic heterocycles. The lowest BCUT2D eigenvalue weighted by Crippen LogP contribution is -2.52. The molecular formula is C21H25FN4O. The van der Waals surface area contributed by atoms with Gasteiger partial charge in [-0.05, 0) is 49.1 Å². The average Bonchev–Trinajstić information content (AvgIpc) is 3.47. The Bertz CT molecular complexity index is 800. The molecule has 2 amide bonds. The van der Waals surface area contributed by atoms with E-state index in [1.807, 2.05) is 36.2 Å². The first-order valence-electron chi connectivity index (χ1n) is 9.56. The Morgan fingerprint density at radius 1 is 1.30 bits per heavy atom. The quantitative estimate of drug-likeness (QED) is 0.900. The Morgan fingerprint density at radius 2 is 2.19 bits per heavy atom. The predicted molar refractivity (Wildman–Crippen MR) is 103 cm³/mol. The van der Waals surface area contributed by atoms with Crippen molar-refractivity contribution in [1.82, 2.24) is 15.2 Å². The summed E-state index contributed by atoms with van der Waals surface area (Å²) in [5.74, 6) is 0.956. The zero-order chi connectivity index (χ0) is 18.8. The topological polar surface area (TPSA) is 48.5 Å². The SMILES string of the molecule is CN(C(=O)N[C@H]1C[C@@H]1c1cccc(F)c1)[C@@H]1CCCN(c2ccccn2)C1. The van der Waals surface area contributed by atoms with Crippen LogP contribution in [-0.2, 0) is 0 Å². The molecule has 1 saturated carbocycles. The highest BCUT2D eigenvalue weighted by Gasteiger charge is 2.40. The fourth-order valence-electron chi connectivity index (χ4n) is 3.91. The number of nitrogens with one attached hydrogen (secondary N) is 1. The second kappa shape index (κ2) is 7.55. The molecule has 2 fully saturated rings. The van der Waals surface area contributed by atoms with Crippen LogP contribution in [0.25, 0.3) is 0 Å². The zero-order valence-corrected chi connectivity index (χ0v) is 15.5. The van der Waals surface area contributed by atoms with Gasteiger partial charge in [0.1, 0.15) is 11.6 Å². The summed E-state index contributed by atoms with van der Waals surface area (Å²) in [5, 5.41) is 3.10. The van der Waals surface area contributed by atoms with Crippen molar-refractivity contribution in [3.05, 3.63) is 60.0 Å². The third-order valence-corrected chi connectivity index (χ3v) is 5.61.